The SMILES string of the molecule is COc1cccc(CC(COCC2CC2)C(=O)O)c1. The Hall–Kier alpha value is -1.55. The molecular weight excluding hydrogens is 244 g/mol. The minimum Gasteiger partial charge on any atom is -0.497 e. The van der Waals surface area contributed by atoms with Crippen LogP contribution in [0.2, 0.25) is 0 Å². The number of carboxylic acid groups (broad SMARTS) is 1. The van der Waals surface area contributed by atoms with Gasteiger partial charge in [-0.25, -0.2) is 0 Å². The Morgan fingerprint density at radius 3 is 2.89 bits per heavy atom. The molecule has 1 unspecified atom stereocenters. The van der Waals surface area contributed by atoms with Crippen molar-refractivity contribution in [1.82, 2.24) is 0 Å². The van der Waals surface area contributed by atoms with Gasteiger partial charge in [-0.15, -0.1) is 0 Å². The lowest BCUT2D eigenvalue weighted by molar-refractivity contribution is -0.143. The number of benzene rings is 1. The summed E-state index contributed by atoms with van der Waals surface area (Å²) >= 11 is 0. The zero-order chi connectivity index (χ0) is 13.7. The molecule has 1 aliphatic rings. The lowest BCUT2D eigenvalue weighted by Crippen LogP contribution is -2.22. The fourth-order valence-electron chi connectivity index (χ4n) is 1.96. The Kier molecular flexibility index (Phi) is 4.80. The maximum Gasteiger partial charge on any atom is 0.309 e. The van der Waals surface area contributed by atoms with Gasteiger partial charge in [-0.3, -0.25) is 4.79 Å². The predicted molar refractivity (Wildman–Crippen MR) is 71.4 cm³/mol. The molecule has 0 saturated heterocycles. The van der Waals surface area contributed by atoms with Crippen molar-refractivity contribution in [3.8, 4) is 5.75 Å². The molecule has 0 amide bonds. The molecule has 1 atom stereocenters. The van der Waals surface area contributed by atoms with E-state index in [0.29, 0.717) is 18.9 Å². The highest BCUT2D eigenvalue weighted by atomic mass is 16.5. The molecule has 19 heavy (non-hydrogen) atoms. The van der Waals surface area contributed by atoms with Crippen molar-refractivity contribution in [3.05, 3.63) is 29.8 Å². The second-order valence-corrected chi connectivity index (χ2v) is 5.07. The van der Waals surface area contributed by atoms with Crippen molar-refractivity contribution in [1.29, 1.82) is 0 Å². The summed E-state index contributed by atoms with van der Waals surface area (Å²) in [7, 11) is 1.60. The number of hydrogen-bond acceptors (Lipinski definition) is 3. The van der Waals surface area contributed by atoms with Crippen molar-refractivity contribution >= 4 is 5.97 Å². The minimum absolute atomic E-state index is 0.281. The van der Waals surface area contributed by atoms with Crippen LogP contribution in [0.5, 0.6) is 5.75 Å². The van der Waals surface area contributed by atoms with Gasteiger partial charge in [0.05, 0.1) is 19.6 Å². The summed E-state index contributed by atoms with van der Waals surface area (Å²) < 4.78 is 10.6. The van der Waals surface area contributed by atoms with Crippen LogP contribution < -0.4 is 4.74 Å². The van der Waals surface area contributed by atoms with E-state index in [1.54, 1.807) is 7.11 Å². The number of hydrogen-bond donors (Lipinski definition) is 1. The molecule has 0 spiro atoms. The van der Waals surface area contributed by atoms with Gasteiger partial charge in [0.25, 0.3) is 0 Å². The molecule has 1 aromatic carbocycles. The van der Waals surface area contributed by atoms with Crippen LogP contribution in [0.25, 0.3) is 0 Å². The van der Waals surface area contributed by atoms with Crippen LogP contribution in [0.1, 0.15) is 18.4 Å². The van der Waals surface area contributed by atoms with Crippen LogP contribution in [0.4, 0.5) is 0 Å². The third-order valence-electron chi connectivity index (χ3n) is 3.34. The molecule has 1 saturated carbocycles. The molecule has 1 fully saturated rings. The molecule has 0 aliphatic heterocycles. The van der Waals surface area contributed by atoms with Gasteiger partial charge in [0.2, 0.25) is 0 Å². The van der Waals surface area contributed by atoms with Crippen molar-refractivity contribution in [2.45, 2.75) is 19.3 Å². The number of ether oxygens (including phenoxy) is 2. The second-order valence-electron chi connectivity index (χ2n) is 5.07. The van der Waals surface area contributed by atoms with E-state index >= 15 is 0 Å². The fourth-order valence-corrected chi connectivity index (χ4v) is 1.96. The van der Waals surface area contributed by atoms with Crippen molar-refractivity contribution in [3.63, 3.8) is 0 Å². The Bertz CT molecular complexity index is 426. The van der Waals surface area contributed by atoms with Gasteiger partial charge in [-0.05, 0) is 42.9 Å². The lowest BCUT2D eigenvalue weighted by Gasteiger charge is -2.13. The first-order chi connectivity index (χ1) is 9.19. The van der Waals surface area contributed by atoms with Gasteiger partial charge >= 0.3 is 5.97 Å². The second kappa shape index (κ2) is 6.57. The molecule has 1 aromatic rings. The summed E-state index contributed by atoms with van der Waals surface area (Å²) in [6.07, 6.45) is 2.90. The Balaban J connectivity index is 1.88. The molecule has 0 radical (unpaired) electrons. The zero-order valence-electron chi connectivity index (χ0n) is 11.2. The van der Waals surface area contributed by atoms with Crippen LogP contribution >= 0.6 is 0 Å². The van der Waals surface area contributed by atoms with Gasteiger partial charge in [0.15, 0.2) is 0 Å². The van der Waals surface area contributed by atoms with Gasteiger partial charge in [0, 0.05) is 6.61 Å². The summed E-state index contributed by atoms with van der Waals surface area (Å²) in [5.74, 6) is 0.108. The highest BCUT2D eigenvalue weighted by Gasteiger charge is 2.23. The Morgan fingerprint density at radius 1 is 1.47 bits per heavy atom. The third-order valence-corrected chi connectivity index (χ3v) is 3.34. The van der Waals surface area contributed by atoms with E-state index < -0.39 is 11.9 Å². The molecule has 0 aromatic heterocycles. The number of methoxy groups -OCH3 is 1. The molecule has 1 N–H and O–H groups in total. The summed E-state index contributed by atoms with van der Waals surface area (Å²) in [6, 6.07) is 7.51. The van der Waals surface area contributed by atoms with E-state index in [-0.39, 0.29) is 6.61 Å². The van der Waals surface area contributed by atoms with Crippen LogP contribution in [0.3, 0.4) is 0 Å². The maximum atomic E-state index is 11.2. The number of carboxylic acids is 1. The Labute approximate surface area is 113 Å². The molecule has 0 heterocycles. The van der Waals surface area contributed by atoms with Crippen molar-refractivity contribution in [2.75, 3.05) is 20.3 Å². The van der Waals surface area contributed by atoms with Crippen molar-refractivity contribution in [2.24, 2.45) is 11.8 Å². The summed E-state index contributed by atoms with van der Waals surface area (Å²) in [4.78, 5) is 11.2. The molecule has 4 nitrogen and oxygen atoms in total. The summed E-state index contributed by atoms with van der Waals surface area (Å²) in [5.41, 5.74) is 0.960. The van der Waals surface area contributed by atoms with Gasteiger partial charge < -0.3 is 14.6 Å². The third kappa shape index (κ3) is 4.56. The largest absolute Gasteiger partial charge is 0.497 e. The smallest absolute Gasteiger partial charge is 0.309 e. The van der Waals surface area contributed by atoms with Crippen LogP contribution in [0, 0.1) is 11.8 Å². The molecular formula is C15H20O4. The topological polar surface area (TPSA) is 55.8 Å². The van der Waals surface area contributed by atoms with E-state index in [1.165, 1.54) is 12.8 Å². The molecule has 2 rings (SSSR count). The lowest BCUT2D eigenvalue weighted by atomic mass is 10.00. The van der Waals surface area contributed by atoms with Gasteiger partial charge in [0.1, 0.15) is 5.75 Å². The molecule has 0 bridgehead atoms. The molecule has 4 heteroatoms. The number of aliphatic carboxylic acids is 1. The van der Waals surface area contributed by atoms with Crippen molar-refractivity contribution < 1.29 is 19.4 Å². The highest BCUT2D eigenvalue weighted by Crippen LogP contribution is 2.29. The zero-order valence-corrected chi connectivity index (χ0v) is 11.2. The maximum absolute atomic E-state index is 11.2. The molecule has 1 aliphatic carbocycles. The number of rotatable bonds is 8. The van der Waals surface area contributed by atoms with E-state index in [1.807, 2.05) is 24.3 Å². The van der Waals surface area contributed by atoms with Gasteiger partial charge in [-0.2, -0.15) is 0 Å². The standard InChI is InChI=1S/C15H20O4/c1-18-14-4-2-3-12(8-14)7-13(15(16)17)10-19-9-11-5-6-11/h2-4,8,11,13H,5-7,9-10H2,1H3,(H,16,17). The monoisotopic (exact) mass is 264 g/mol. The summed E-state index contributed by atoms with van der Waals surface area (Å²) in [5, 5.41) is 9.23. The first-order valence-electron chi connectivity index (χ1n) is 6.62. The van der Waals surface area contributed by atoms with E-state index in [0.717, 1.165) is 11.3 Å². The normalized spacial score (nSPS) is 16.1. The highest BCUT2D eigenvalue weighted by molar-refractivity contribution is 5.70. The van der Waals surface area contributed by atoms with Crippen LogP contribution in [0.15, 0.2) is 24.3 Å². The first-order valence-corrected chi connectivity index (χ1v) is 6.62. The van der Waals surface area contributed by atoms with E-state index in [9.17, 15) is 9.90 Å². The van der Waals surface area contributed by atoms with E-state index in [2.05, 4.69) is 0 Å². The fraction of sp³-hybridized carbons (Fsp3) is 0.533. The molecule has 104 valence electrons. The number of carbonyl (C=O) groups is 1. The quantitative estimate of drug-likeness (QED) is 0.783. The van der Waals surface area contributed by atoms with E-state index in [4.69, 9.17) is 9.47 Å². The average Bonchev–Trinajstić information content (AvgIpc) is 3.22. The first kappa shape index (κ1) is 13.9. The van der Waals surface area contributed by atoms with Crippen LogP contribution in [-0.4, -0.2) is 31.4 Å². The van der Waals surface area contributed by atoms with Crippen LogP contribution in [-0.2, 0) is 16.0 Å². The van der Waals surface area contributed by atoms with Gasteiger partial charge in [-0.1, -0.05) is 12.1 Å². The minimum atomic E-state index is -0.807. The summed E-state index contributed by atoms with van der Waals surface area (Å²) in [6.45, 7) is 0.977. The Morgan fingerprint density at radius 2 is 2.26 bits per heavy atom. The average molecular weight is 264 g/mol. The predicted octanol–water partition coefficient (Wildman–Crippen LogP) is 2.37.